The first-order chi connectivity index (χ1) is 8.74. The Balaban J connectivity index is 1.75. The first-order valence-electron chi connectivity index (χ1n) is 6.53. The largest absolute Gasteiger partial charge is 0.375 e. The highest BCUT2D eigenvalue weighted by atomic mass is 79.9. The van der Waals surface area contributed by atoms with Crippen molar-refractivity contribution in [1.29, 1.82) is 0 Å². The van der Waals surface area contributed by atoms with E-state index in [1.807, 2.05) is 6.07 Å². The third-order valence-electron chi connectivity index (χ3n) is 3.99. The number of ether oxygens (including phenoxy) is 1. The lowest BCUT2D eigenvalue weighted by atomic mass is 10.1. The highest BCUT2D eigenvalue weighted by Gasteiger charge is 2.35. The monoisotopic (exact) mass is 329 g/mol. The Labute approximate surface area is 121 Å². The number of morpholine rings is 1. The van der Waals surface area contributed by atoms with Crippen molar-refractivity contribution in [3.63, 3.8) is 0 Å². The summed E-state index contributed by atoms with van der Waals surface area (Å²) < 4.78 is 6.88. The summed E-state index contributed by atoms with van der Waals surface area (Å²) in [5.74, 6) is 0. The first kappa shape index (κ1) is 12.9. The number of fused-ring (bicyclic) bond motifs is 1. The maximum atomic E-state index is 6.30. The quantitative estimate of drug-likeness (QED) is 0.816. The zero-order valence-electron chi connectivity index (χ0n) is 10.2. The molecule has 1 aliphatic carbocycles. The van der Waals surface area contributed by atoms with Gasteiger partial charge in [-0.2, -0.15) is 0 Å². The smallest absolute Gasteiger partial charge is 0.0731 e. The Hall–Kier alpha value is -0.0900. The average Bonchev–Trinajstić information content (AvgIpc) is 2.82. The van der Waals surface area contributed by atoms with E-state index in [2.05, 4.69) is 33.0 Å². The molecule has 1 saturated carbocycles. The molecular formula is C14H17BrClNO. The molecule has 98 valence electrons. The Morgan fingerprint density at radius 2 is 2.28 bits per heavy atom. The number of nitrogens with zero attached hydrogens (tertiary/aromatic N) is 1. The summed E-state index contributed by atoms with van der Waals surface area (Å²) in [6.07, 6.45) is 4.22. The highest BCUT2D eigenvalue weighted by molar-refractivity contribution is 9.10. The molecule has 18 heavy (non-hydrogen) atoms. The molecule has 1 saturated heterocycles. The van der Waals surface area contributed by atoms with Crippen LogP contribution in [0.25, 0.3) is 0 Å². The minimum absolute atomic E-state index is 0.452. The first-order valence-corrected chi connectivity index (χ1v) is 7.71. The Kier molecular flexibility index (Phi) is 3.94. The summed E-state index contributed by atoms with van der Waals surface area (Å²) >= 11 is 9.75. The summed E-state index contributed by atoms with van der Waals surface area (Å²) in [6.45, 7) is 2.82. The lowest BCUT2D eigenvalue weighted by Crippen LogP contribution is -2.47. The van der Waals surface area contributed by atoms with Gasteiger partial charge < -0.3 is 4.74 Å². The van der Waals surface area contributed by atoms with E-state index in [0.29, 0.717) is 12.1 Å². The molecule has 0 spiro atoms. The van der Waals surface area contributed by atoms with Crippen LogP contribution in [-0.2, 0) is 11.3 Å². The number of halogens is 2. The molecule has 2 nitrogen and oxygen atoms in total. The number of hydrogen-bond donors (Lipinski definition) is 0. The third kappa shape index (κ3) is 2.60. The van der Waals surface area contributed by atoms with Gasteiger partial charge in [0.2, 0.25) is 0 Å². The number of rotatable bonds is 2. The van der Waals surface area contributed by atoms with E-state index in [9.17, 15) is 0 Å². The van der Waals surface area contributed by atoms with Gasteiger partial charge in [-0.25, -0.2) is 0 Å². The zero-order valence-corrected chi connectivity index (χ0v) is 12.6. The minimum Gasteiger partial charge on any atom is -0.375 e. The van der Waals surface area contributed by atoms with E-state index < -0.39 is 0 Å². The molecule has 0 aromatic heterocycles. The van der Waals surface area contributed by atoms with Gasteiger partial charge in [-0.05, 0) is 37.0 Å². The van der Waals surface area contributed by atoms with Crippen molar-refractivity contribution >= 4 is 27.5 Å². The molecule has 4 heteroatoms. The fourth-order valence-corrected chi connectivity index (χ4v) is 3.80. The fourth-order valence-electron chi connectivity index (χ4n) is 3.07. The standard InChI is InChI=1S/C14H17BrClNO/c15-11-5-4-10(12(16)8-11)9-17-6-7-18-14-3-1-2-13(14)17/h4-5,8,13-14H,1-3,6-7,9H2. The second-order valence-electron chi connectivity index (χ2n) is 5.11. The van der Waals surface area contributed by atoms with Crippen molar-refractivity contribution in [2.75, 3.05) is 13.2 Å². The third-order valence-corrected chi connectivity index (χ3v) is 4.83. The fraction of sp³-hybridized carbons (Fsp3) is 0.571. The van der Waals surface area contributed by atoms with Crippen LogP contribution in [0.1, 0.15) is 24.8 Å². The van der Waals surface area contributed by atoms with Crippen LogP contribution in [0.5, 0.6) is 0 Å². The van der Waals surface area contributed by atoms with Crippen molar-refractivity contribution in [1.82, 2.24) is 4.90 Å². The Morgan fingerprint density at radius 1 is 1.39 bits per heavy atom. The molecule has 1 heterocycles. The van der Waals surface area contributed by atoms with Crippen molar-refractivity contribution in [3.8, 4) is 0 Å². The summed E-state index contributed by atoms with van der Waals surface area (Å²) in [5, 5.41) is 0.852. The average molecular weight is 331 g/mol. The summed E-state index contributed by atoms with van der Waals surface area (Å²) in [6, 6.07) is 6.75. The normalized spacial score (nSPS) is 28.3. The van der Waals surface area contributed by atoms with E-state index in [1.165, 1.54) is 24.8 Å². The van der Waals surface area contributed by atoms with E-state index in [0.717, 1.165) is 29.2 Å². The maximum absolute atomic E-state index is 6.30. The highest BCUT2D eigenvalue weighted by Crippen LogP contribution is 2.32. The summed E-state index contributed by atoms with van der Waals surface area (Å²) in [7, 11) is 0. The van der Waals surface area contributed by atoms with Gasteiger partial charge in [-0.1, -0.05) is 33.6 Å². The molecule has 0 N–H and O–H groups in total. The molecule has 1 aliphatic heterocycles. The van der Waals surface area contributed by atoms with E-state index >= 15 is 0 Å². The second kappa shape index (κ2) is 5.49. The van der Waals surface area contributed by atoms with Gasteiger partial charge >= 0.3 is 0 Å². The van der Waals surface area contributed by atoms with Gasteiger partial charge in [0, 0.05) is 28.6 Å². The van der Waals surface area contributed by atoms with E-state index in [1.54, 1.807) is 0 Å². The topological polar surface area (TPSA) is 12.5 Å². The van der Waals surface area contributed by atoms with Gasteiger partial charge in [0.1, 0.15) is 0 Å². The molecule has 1 aromatic rings. The molecule has 0 radical (unpaired) electrons. The molecule has 0 bridgehead atoms. The predicted molar refractivity (Wildman–Crippen MR) is 76.9 cm³/mol. The molecule has 3 rings (SSSR count). The van der Waals surface area contributed by atoms with Crippen molar-refractivity contribution in [3.05, 3.63) is 33.3 Å². The molecule has 0 amide bonds. The van der Waals surface area contributed by atoms with Gasteiger partial charge in [0.15, 0.2) is 0 Å². The van der Waals surface area contributed by atoms with Crippen LogP contribution >= 0.6 is 27.5 Å². The minimum atomic E-state index is 0.452. The van der Waals surface area contributed by atoms with Crippen LogP contribution in [0.4, 0.5) is 0 Å². The molecular weight excluding hydrogens is 314 g/mol. The van der Waals surface area contributed by atoms with Crippen LogP contribution in [-0.4, -0.2) is 30.2 Å². The van der Waals surface area contributed by atoms with Gasteiger partial charge in [-0.3, -0.25) is 4.90 Å². The van der Waals surface area contributed by atoms with Crippen LogP contribution in [0, 0.1) is 0 Å². The zero-order chi connectivity index (χ0) is 12.5. The second-order valence-corrected chi connectivity index (χ2v) is 6.44. The summed E-state index contributed by atoms with van der Waals surface area (Å²) in [4.78, 5) is 2.54. The van der Waals surface area contributed by atoms with Gasteiger partial charge in [0.25, 0.3) is 0 Å². The van der Waals surface area contributed by atoms with Crippen molar-refractivity contribution in [2.24, 2.45) is 0 Å². The molecule has 2 fully saturated rings. The molecule has 1 aromatic carbocycles. The Morgan fingerprint density at radius 3 is 3.11 bits per heavy atom. The van der Waals surface area contributed by atoms with Crippen molar-refractivity contribution in [2.45, 2.75) is 38.0 Å². The van der Waals surface area contributed by atoms with Crippen LogP contribution < -0.4 is 0 Å². The van der Waals surface area contributed by atoms with E-state index in [-0.39, 0.29) is 0 Å². The number of hydrogen-bond acceptors (Lipinski definition) is 2. The van der Waals surface area contributed by atoms with Crippen LogP contribution in [0.3, 0.4) is 0 Å². The van der Waals surface area contributed by atoms with Crippen molar-refractivity contribution < 1.29 is 4.74 Å². The lowest BCUT2D eigenvalue weighted by molar-refractivity contribution is -0.0588. The van der Waals surface area contributed by atoms with Gasteiger partial charge in [-0.15, -0.1) is 0 Å². The molecule has 2 aliphatic rings. The van der Waals surface area contributed by atoms with Crippen LogP contribution in [0.2, 0.25) is 5.02 Å². The van der Waals surface area contributed by atoms with Gasteiger partial charge in [0.05, 0.1) is 12.7 Å². The Bertz CT molecular complexity index is 440. The lowest BCUT2D eigenvalue weighted by Gasteiger charge is -2.37. The van der Waals surface area contributed by atoms with Crippen LogP contribution in [0.15, 0.2) is 22.7 Å². The van der Waals surface area contributed by atoms with E-state index in [4.69, 9.17) is 16.3 Å². The molecule has 2 unspecified atom stereocenters. The summed E-state index contributed by atoms with van der Waals surface area (Å²) in [5.41, 5.74) is 1.22. The predicted octanol–water partition coefficient (Wildman–Crippen LogP) is 3.86. The SMILES string of the molecule is Clc1cc(Br)ccc1CN1CCOC2CCCC21. The maximum Gasteiger partial charge on any atom is 0.0731 e. The number of benzene rings is 1. The molecule has 2 atom stereocenters.